The lowest BCUT2D eigenvalue weighted by atomic mass is 10.1. The fourth-order valence-electron chi connectivity index (χ4n) is 6.45. The number of ether oxygens (including phenoxy) is 3. The Balaban J connectivity index is -0.000000113. The molecule has 9 rings (SSSR count). The minimum atomic E-state index is 0.343. The average molecular weight is 1330 g/mol. The third-order valence-corrected chi connectivity index (χ3v) is 15.2. The van der Waals surface area contributed by atoms with Crippen LogP contribution in [-0.4, -0.2) is 166 Å². The molecule has 0 aromatic rings. The summed E-state index contributed by atoms with van der Waals surface area (Å²) in [6.45, 7) is 84.4. The molecule has 9 aliphatic heterocycles. The molecule has 9 aliphatic rings. The fraction of sp³-hybridized carbons (Fsp3) is 0.875. The van der Waals surface area contributed by atoms with Crippen molar-refractivity contribution in [1.29, 1.82) is 0 Å². The lowest BCUT2D eigenvalue weighted by Gasteiger charge is -2.12. The molecule has 6 unspecified atom stereocenters. The number of aliphatic imine (C=N–C) groups is 9. The molecule has 0 aliphatic carbocycles. The summed E-state index contributed by atoms with van der Waals surface area (Å²) in [5.74, 6) is 10.3. The second kappa shape index (κ2) is 82.0. The minimum absolute atomic E-state index is 0.343. The first-order chi connectivity index (χ1) is 43.2. The van der Waals surface area contributed by atoms with Crippen LogP contribution >= 0.6 is 35.3 Å². The van der Waals surface area contributed by atoms with E-state index in [1.54, 1.807) is 25.5 Å². The predicted octanol–water partition coefficient (Wildman–Crippen LogP) is 19.7. The predicted molar refractivity (Wildman–Crippen MR) is 425 cm³/mol. The third kappa shape index (κ3) is 65.0. The molecule has 0 saturated heterocycles. The van der Waals surface area contributed by atoms with Crippen molar-refractivity contribution >= 4 is 88.6 Å². The quantitative estimate of drug-likeness (QED) is 0.203. The first-order valence-corrected chi connectivity index (χ1v) is 38.9. The fourth-order valence-corrected chi connectivity index (χ4v) is 9.16. The maximum absolute atomic E-state index is 5.16. The lowest BCUT2D eigenvalue weighted by molar-refractivity contribution is 0.179. The smallest absolute Gasteiger partial charge is 0.186 e. The van der Waals surface area contributed by atoms with Gasteiger partial charge in [0.15, 0.2) is 18.7 Å². The zero-order chi connectivity index (χ0) is 71.8. The molecule has 540 valence electrons. The Labute approximate surface area is 575 Å². The van der Waals surface area contributed by atoms with Gasteiger partial charge in [-0.2, -0.15) is 0 Å². The SMILES string of the molecule is CC.CC.CC.CC.CC.CC.CC.CC.CC.CC(C)C1=NCCN1.CC(C)C1=NCCO1.CC(C)C1=NCCS1.CC(C)C1CN=CN1.CC(C)C1CN=CN1.CC(C)C1CN=CO1.CC(C)C1CN=CS1.CC(C)C1COC=N1.CC(C)C1CSC=N1. The second-order valence-corrected chi connectivity index (χ2v) is 24.5. The average Bonchev–Trinajstić information content (AvgIpc) is 4.50. The van der Waals surface area contributed by atoms with Gasteiger partial charge in [0.25, 0.3) is 0 Å². The summed E-state index contributed by atoms with van der Waals surface area (Å²) in [6.07, 6.45) is 7.03. The summed E-state index contributed by atoms with van der Waals surface area (Å²) in [5, 5.41) is 11.6. The van der Waals surface area contributed by atoms with Crippen LogP contribution in [0.4, 0.5) is 0 Å². The summed E-state index contributed by atoms with van der Waals surface area (Å²) >= 11 is 5.58. The monoisotopic (exact) mass is 1330 g/mol. The van der Waals surface area contributed by atoms with Gasteiger partial charge in [0.05, 0.1) is 86.0 Å². The molecule has 9 heterocycles. The molecule has 0 aromatic heterocycles. The van der Waals surface area contributed by atoms with Crippen LogP contribution in [0, 0.1) is 53.3 Å². The number of nitrogens with zero attached hydrogens (tertiary/aromatic N) is 9. The van der Waals surface area contributed by atoms with E-state index in [1.165, 1.54) is 22.4 Å². The van der Waals surface area contributed by atoms with Crippen LogP contribution < -0.4 is 16.0 Å². The van der Waals surface area contributed by atoms with E-state index in [9.17, 15) is 0 Å². The van der Waals surface area contributed by atoms with Gasteiger partial charge in [-0.3, -0.25) is 44.9 Å². The highest BCUT2D eigenvalue weighted by Gasteiger charge is 2.18. The van der Waals surface area contributed by atoms with Crippen molar-refractivity contribution in [1.82, 2.24) is 16.0 Å². The van der Waals surface area contributed by atoms with Gasteiger partial charge in [-0.1, -0.05) is 249 Å². The summed E-state index contributed by atoms with van der Waals surface area (Å²) in [6, 6.07) is 2.19. The van der Waals surface area contributed by atoms with E-state index in [-0.39, 0.29) is 0 Å². The first-order valence-electron chi connectivity index (χ1n) is 35.9. The molecule has 0 fully saturated rings. The Morgan fingerprint density at radius 2 is 0.989 bits per heavy atom. The van der Waals surface area contributed by atoms with Gasteiger partial charge in [0.1, 0.15) is 19.3 Å². The van der Waals surface area contributed by atoms with Crippen molar-refractivity contribution in [3.63, 3.8) is 0 Å². The molecule has 0 saturated carbocycles. The van der Waals surface area contributed by atoms with Gasteiger partial charge in [-0.15, -0.1) is 35.3 Å². The van der Waals surface area contributed by atoms with Crippen molar-refractivity contribution in [3.05, 3.63) is 0 Å². The van der Waals surface area contributed by atoms with Crippen molar-refractivity contribution in [2.45, 2.75) is 285 Å². The van der Waals surface area contributed by atoms with Crippen molar-refractivity contribution in [3.8, 4) is 0 Å². The Hall–Kier alpha value is -3.12. The molecule has 15 nitrogen and oxygen atoms in total. The molecule has 0 aromatic carbocycles. The number of rotatable bonds is 9. The number of thioether (sulfide) groups is 3. The van der Waals surface area contributed by atoms with Crippen LogP contribution in [0.5, 0.6) is 0 Å². The Morgan fingerprint density at radius 3 is 1.17 bits per heavy atom. The van der Waals surface area contributed by atoms with Crippen molar-refractivity contribution in [2.75, 3.05) is 77.1 Å². The molecule has 0 radical (unpaired) electrons. The normalized spacial score (nSPS) is 20.0. The van der Waals surface area contributed by atoms with Crippen molar-refractivity contribution in [2.24, 2.45) is 98.2 Å². The number of nitrogens with one attached hydrogen (secondary N) is 3. The highest BCUT2D eigenvalue weighted by Crippen LogP contribution is 2.22. The van der Waals surface area contributed by atoms with E-state index in [1.807, 2.05) is 171 Å². The Kier molecular flexibility index (Phi) is 96.2. The van der Waals surface area contributed by atoms with Gasteiger partial charge < -0.3 is 30.2 Å². The van der Waals surface area contributed by atoms with Gasteiger partial charge in [-0.05, 0) is 35.5 Å². The molecule has 0 spiro atoms. The molecular weight excluding hydrogens is 1180 g/mol. The molecule has 18 heteroatoms. The zero-order valence-electron chi connectivity index (χ0n) is 66.1. The maximum atomic E-state index is 5.16. The molecule has 6 atom stereocenters. The second-order valence-electron chi connectivity index (χ2n) is 21.4. The molecule has 90 heavy (non-hydrogen) atoms. The Bertz CT molecular complexity index is 1460. The standard InChI is InChI=1S/3C6H12N2.3C6H11NO.3C6H11NS.9C2H6/c2*1-5(2)6-3-7-4-8-6;1-5(2)6-7-3-4-8-6;1-5(2)6-3-8-4-7-6;1-5(2)6-3-7-4-8-6;1-5(2)6-7-3-4-8-6;1-5(2)6-3-8-4-7-6;1-5(2)6-3-7-4-8-6;1-5(2)6-7-3-4-8-6;9*1-2/h2*4-6H,3H2,1-2H3,(H,7,8);5H,3-4H2,1-2H3,(H,7,8);2*4-6H,3H2,1-2H3;5H,3-4H2,1-2H3;2*4-6H,3H2,1-2H3;5H,3-4H2,1-2H3;9*1-2H3. The van der Waals surface area contributed by atoms with Crippen LogP contribution in [0.15, 0.2) is 44.9 Å². The van der Waals surface area contributed by atoms with Crippen LogP contribution in [0.25, 0.3) is 0 Å². The zero-order valence-corrected chi connectivity index (χ0v) is 68.5. The number of amidine groups is 1. The van der Waals surface area contributed by atoms with Crippen LogP contribution in [0.1, 0.15) is 249 Å². The highest BCUT2D eigenvalue weighted by atomic mass is 32.2. The van der Waals surface area contributed by atoms with Gasteiger partial charge in [0.2, 0.25) is 0 Å². The summed E-state index contributed by atoms with van der Waals surface area (Å²) in [7, 11) is 0. The van der Waals surface area contributed by atoms with E-state index in [0.717, 1.165) is 88.6 Å². The van der Waals surface area contributed by atoms with Gasteiger partial charge >= 0.3 is 0 Å². The largest absolute Gasteiger partial charge is 0.481 e. The third-order valence-electron chi connectivity index (χ3n) is 11.8. The molecule has 0 amide bonds. The number of hydrogen-bond acceptors (Lipinski definition) is 18. The van der Waals surface area contributed by atoms with Gasteiger partial charge in [0, 0.05) is 59.7 Å². The molecular formula is C72H156N12O3S3. The first kappa shape index (κ1) is 106. The van der Waals surface area contributed by atoms with Crippen molar-refractivity contribution < 1.29 is 14.2 Å². The van der Waals surface area contributed by atoms with Crippen LogP contribution in [-0.2, 0) is 14.2 Å². The van der Waals surface area contributed by atoms with E-state index in [4.69, 9.17) is 14.2 Å². The highest BCUT2D eigenvalue weighted by molar-refractivity contribution is 8.14. The summed E-state index contributed by atoms with van der Waals surface area (Å²) in [5.41, 5.74) is 3.93. The topological polar surface area (TPSA) is 175 Å². The lowest BCUT2D eigenvalue weighted by Crippen LogP contribution is -2.29. The summed E-state index contributed by atoms with van der Waals surface area (Å²) < 4.78 is 15.2. The van der Waals surface area contributed by atoms with E-state index in [0.29, 0.717) is 71.7 Å². The molecule has 0 bridgehead atoms. The minimum Gasteiger partial charge on any atom is -0.481 e. The van der Waals surface area contributed by atoms with Crippen LogP contribution in [0.2, 0.25) is 0 Å². The van der Waals surface area contributed by atoms with E-state index < -0.39 is 0 Å². The Morgan fingerprint density at radius 1 is 0.467 bits per heavy atom. The molecule has 3 N–H and O–H groups in total. The van der Waals surface area contributed by atoms with E-state index in [2.05, 4.69) is 186 Å². The number of hydrogen-bond donors (Lipinski definition) is 3. The van der Waals surface area contributed by atoms with Gasteiger partial charge in [-0.25, -0.2) is 0 Å². The van der Waals surface area contributed by atoms with Crippen LogP contribution in [0.3, 0.4) is 0 Å². The van der Waals surface area contributed by atoms with E-state index >= 15 is 0 Å². The maximum Gasteiger partial charge on any atom is 0.186 e. The summed E-state index contributed by atoms with van der Waals surface area (Å²) in [4.78, 5) is 37.2.